The first-order chi connectivity index (χ1) is 17.2. The van der Waals surface area contributed by atoms with Crippen molar-refractivity contribution in [2.45, 2.75) is 108 Å². The van der Waals surface area contributed by atoms with Crippen LogP contribution < -0.4 is 0 Å². The van der Waals surface area contributed by atoms with Crippen molar-refractivity contribution in [3.63, 3.8) is 0 Å². The molecule has 0 aromatic rings. The maximum atomic E-state index is 13.7. The largest absolute Gasteiger partial charge is 0.479 e. The number of carbonyl (C=O) groups excluding carboxylic acids is 1. The molecule has 0 aromatic carbocycles. The van der Waals surface area contributed by atoms with E-state index >= 15 is 0 Å². The average Bonchev–Trinajstić information content (AvgIpc) is 3.10. The van der Waals surface area contributed by atoms with E-state index in [0.29, 0.717) is 25.7 Å². The summed E-state index contributed by atoms with van der Waals surface area (Å²) in [4.78, 5) is 37.1. The molecule has 5 fully saturated rings. The number of hydrogen-bond donors (Lipinski definition) is 6. The Morgan fingerprint density at radius 2 is 1.68 bits per heavy atom. The van der Waals surface area contributed by atoms with Crippen LogP contribution in [0.4, 0.5) is 0 Å². The number of aliphatic carboxylic acids is 2. The molecule has 37 heavy (non-hydrogen) atoms. The smallest absolute Gasteiger partial charge is 0.336 e. The Hall–Kier alpha value is -1.63. The molecule has 4 saturated carbocycles. The summed E-state index contributed by atoms with van der Waals surface area (Å²) >= 11 is 0. The lowest BCUT2D eigenvalue weighted by atomic mass is 9.44. The van der Waals surface area contributed by atoms with Crippen molar-refractivity contribution in [3.8, 4) is 0 Å². The topological polar surface area (TPSA) is 191 Å². The van der Waals surface area contributed by atoms with E-state index in [1.807, 2.05) is 0 Å². The number of rotatable bonds is 4. The predicted octanol–water partition coefficient (Wildman–Crippen LogP) is 0.301. The summed E-state index contributed by atoms with van der Waals surface area (Å²) in [6.07, 6.45) is -4.57. The molecule has 1 saturated heterocycles. The molecule has 5 rings (SSSR count). The highest BCUT2D eigenvalue weighted by Crippen LogP contribution is 2.67. The van der Waals surface area contributed by atoms with Crippen molar-refractivity contribution in [2.75, 3.05) is 0 Å². The van der Waals surface area contributed by atoms with Gasteiger partial charge in [0.25, 0.3) is 0 Å². The van der Waals surface area contributed by atoms with Gasteiger partial charge in [-0.15, -0.1) is 0 Å². The van der Waals surface area contributed by atoms with Crippen LogP contribution in [0, 0.1) is 34.5 Å². The van der Waals surface area contributed by atoms with E-state index in [-0.39, 0.29) is 47.7 Å². The number of Topliss-reactive ketones (excluding diaryl/α,β-unsaturated/α-hetero) is 1. The third kappa shape index (κ3) is 3.80. The van der Waals surface area contributed by atoms with Crippen LogP contribution in [-0.2, 0) is 23.9 Å². The number of carbonyl (C=O) groups is 3. The maximum absolute atomic E-state index is 13.7. The van der Waals surface area contributed by atoms with Gasteiger partial charge in [0.1, 0.15) is 24.1 Å². The number of hydrogen-bond acceptors (Lipinski definition) is 9. The molecule has 5 aliphatic rings. The molecule has 0 aromatic heterocycles. The number of aliphatic hydroxyl groups excluding tert-OH is 3. The van der Waals surface area contributed by atoms with Gasteiger partial charge in [-0.1, -0.05) is 13.8 Å². The second-order valence-corrected chi connectivity index (χ2v) is 12.6. The highest BCUT2D eigenvalue weighted by molar-refractivity contribution is 5.87. The van der Waals surface area contributed by atoms with Crippen LogP contribution in [-0.4, -0.2) is 90.8 Å². The summed E-state index contributed by atoms with van der Waals surface area (Å²) in [7, 11) is 0. The van der Waals surface area contributed by atoms with Gasteiger partial charge >= 0.3 is 11.9 Å². The first-order valence-corrected chi connectivity index (χ1v) is 13.3. The zero-order valence-electron chi connectivity index (χ0n) is 21.2. The molecule has 0 bridgehead atoms. The Morgan fingerprint density at radius 3 is 2.32 bits per heavy atom. The molecule has 1 heterocycles. The molecule has 0 radical (unpaired) electrons. The number of carboxylic acid groups (broad SMARTS) is 2. The summed E-state index contributed by atoms with van der Waals surface area (Å²) in [5, 5.41) is 60.5. The molecule has 11 heteroatoms. The van der Waals surface area contributed by atoms with Gasteiger partial charge in [-0.05, 0) is 68.1 Å². The third-order valence-corrected chi connectivity index (χ3v) is 11.0. The van der Waals surface area contributed by atoms with Crippen molar-refractivity contribution in [1.82, 2.24) is 0 Å². The molecule has 208 valence electrons. The molecule has 0 unspecified atom stereocenters. The van der Waals surface area contributed by atoms with E-state index in [0.717, 1.165) is 12.8 Å². The number of ketones is 1. The zero-order chi connectivity index (χ0) is 27.1. The highest BCUT2D eigenvalue weighted by Gasteiger charge is 2.69. The molecule has 13 atom stereocenters. The van der Waals surface area contributed by atoms with Crippen LogP contribution in [0.1, 0.15) is 65.2 Å². The lowest BCUT2D eigenvalue weighted by Gasteiger charge is -2.60. The Kier molecular flexibility index (Phi) is 6.53. The van der Waals surface area contributed by atoms with Gasteiger partial charge in [-0.3, -0.25) is 4.79 Å². The van der Waals surface area contributed by atoms with Gasteiger partial charge in [0.2, 0.25) is 0 Å². The predicted molar refractivity (Wildman–Crippen MR) is 124 cm³/mol. The number of ether oxygens (including phenoxy) is 2. The average molecular weight is 527 g/mol. The Balaban J connectivity index is 1.31. The molecule has 0 spiro atoms. The van der Waals surface area contributed by atoms with E-state index in [2.05, 4.69) is 6.92 Å². The summed E-state index contributed by atoms with van der Waals surface area (Å²) in [6, 6.07) is 0. The second-order valence-electron chi connectivity index (χ2n) is 12.6. The summed E-state index contributed by atoms with van der Waals surface area (Å²) in [6.45, 7) is 3.88. The van der Waals surface area contributed by atoms with Gasteiger partial charge in [-0.25, -0.2) is 9.59 Å². The van der Waals surface area contributed by atoms with Crippen molar-refractivity contribution in [3.05, 3.63) is 0 Å². The van der Waals surface area contributed by atoms with Crippen molar-refractivity contribution >= 4 is 17.7 Å². The van der Waals surface area contributed by atoms with Crippen molar-refractivity contribution in [1.29, 1.82) is 0 Å². The molecule has 6 N–H and O–H groups in total. The Labute approximate surface area is 214 Å². The summed E-state index contributed by atoms with van der Waals surface area (Å²) in [5.74, 6) is -2.85. The van der Waals surface area contributed by atoms with Crippen LogP contribution in [0.25, 0.3) is 0 Å². The first kappa shape index (κ1) is 27.0. The van der Waals surface area contributed by atoms with Crippen LogP contribution in [0.15, 0.2) is 0 Å². The lowest BCUT2D eigenvalue weighted by molar-refractivity contribution is -0.309. The molecular weight excluding hydrogens is 488 g/mol. The summed E-state index contributed by atoms with van der Waals surface area (Å²) < 4.78 is 11.2. The van der Waals surface area contributed by atoms with Crippen LogP contribution in [0.5, 0.6) is 0 Å². The standard InChI is InChI=1S/C26H38O11/c1-24-7-5-12(36-22-19(30)17(28)18(29)20(37-22)21(31)32)9-11(24)3-4-13-14-6-8-26(35,23(33)34)25(14,2)10-15(27)16(13)24/h11-14,16-20,22,28-30,35H,3-10H2,1-2H3,(H,31,32)(H,33,34)/t11-,12-,13+,14+,16-,17+,18+,19-,20+,22-,24+,25+,26+/m0/s1. The maximum Gasteiger partial charge on any atom is 0.336 e. The molecule has 4 aliphatic carbocycles. The van der Waals surface area contributed by atoms with E-state index in [9.17, 15) is 45.0 Å². The molecule has 0 amide bonds. The van der Waals surface area contributed by atoms with Gasteiger partial charge < -0.3 is 40.1 Å². The van der Waals surface area contributed by atoms with Gasteiger partial charge in [0.05, 0.1) is 6.10 Å². The van der Waals surface area contributed by atoms with Crippen molar-refractivity contribution in [2.24, 2.45) is 34.5 Å². The fourth-order valence-electron chi connectivity index (χ4n) is 8.87. The molecular formula is C26H38O11. The lowest BCUT2D eigenvalue weighted by Crippen LogP contribution is -2.62. The van der Waals surface area contributed by atoms with Gasteiger partial charge in [0, 0.05) is 17.8 Å². The quantitative estimate of drug-likeness (QED) is 0.276. The third-order valence-electron chi connectivity index (χ3n) is 11.0. The number of carboxylic acids is 2. The minimum atomic E-state index is -1.89. The monoisotopic (exact) mass is 526 g/mol. The highest BCUT2D eigenvalue weighted by atomic mass is 16.7. The molecule has 11 nitrogen and oxygen atoms in total. The normalized spacial score (nSPS) is 53.6. The zero-order valence-corrected chi connectivity index (χ0v) is 21.2. The SMILES string of the molecule is C[C@@]12CC[C@H](O[C@H]3O[C@@H](C(=O)O)[C@H](O)[C@@H](O)[C@@H]3O)C[C@@H]1CC[C@H]1[C@H]2C(=O)C[C@]2(C)[C@@H]1CC[C@@]2(O)C(=O)O. The summed E-state index contributed by atoms with van der Waals surface area (Å²) in [5.41, 5.74) is -3.20. The molecule has 1 aliphatic heterocycles. The van der Waals surface area contributed by atoms with Gasteiger partial charge in [0.15, 0.2) is 18.0 Å². The van der Waals surface area contributed by atoms with Gasteiger partial charge in [-0.2, -0.15) is 0 Å². The van der Waals surface area contributed by atoms with Crippen LogP contribution >= 0.6 is 0 Å². The first-order valence-electron chi connectivity index (χ1n) is 13.3. The van der Waals surface area contributed by atoms with E-state index in [4.69, 9.17) is 9.47 Å². The Bertz CT molecular complexity index is 970. The number of fused-ring (bicyclic) bond motifs is 5. The van der Waals surface area contributed by atoms with Crippen LogP contribution in [0.3, 0.4) is 0 Å². The Morgan fingerprint density at radius 1 is 0.973 bits per heavy atom. The minimum absolute atomic E-state index is 0.00908. The number of aliphatic hydroxyl groups is 4. The minimum Gasteiger partial charge on any atom is -0.479 e. The van der Waals surface area contributed by atoms with E-state index < -0.39 is 59.8 Å². The fourth-order valence-corrected chi connectivity index (χ4v) is 8.87. The fraction of sp³-hybridized carbons (Fsp3) is 0.885. The van der Waals surface area contributed by atoms with E-state index in [1.165, 1.54) is 0 Å². The van der Waals surface area contributed by atoms with Crippen molar-refractivity contribution < 1.29 is 54.5 Å². The second kappa shape index (κ2) is 8.96. The van der Waals surface area contributed by atoms with E-state index in [1.54, 1.807) is 6.92 Å². The van der Waals surface area contributed by atoms with Crippen LogP contribution in [0.2, 0.25) is 0 Å².